The molecular weight excluding hydrogens is 520 g/mol. The van der Waals surface area contributed by atoms with Gasteiger partial charge in [-0.15, -0.1) is 0 Å². The molecule has 0 saturated carbocycles. The zero-order valence-electron chi connectivity index (χ0n) is 25.3. The Morgan fingerprint density at radius 2 is 1.66 bits per heavy atom. The second-order valence-corrected chi connectivity index (χ2v) is 11.3. The summed E-state index contributed by atoms with van der Waals surface area (Å²) >= 11 is 0. The molecule has 9 heteroatoms. The van der Waals surface area contributed by atoms with Gasteiger partial charge in [-0.3, -0.25) is 14.4 Å². The number of benzene rings is 2. The van der Waals surface area contributed by atoms with Crippen LogP contribution >= 0.6 is 0 Å². The number of hydrogen-bond acceptors (Lipinski definition) is 5. The summed E-state index contributed by atoms with van der Waals surface area (Å²) in [5.74, 6) is -1.41. The number of carbonyl (C=O) groups is 4. The van der Waals surface area contributed by atoms with Crippen LogP contribution in [0.3, 0.4) is 0 Å². The molecule has 4 N–H and O–H groups in total. The van der Waals surface area contributed by atoms with Gasteiger partial charge in [-0.1, -0.05) is 68.3 Å². The molecule has 0 heterocycles. The van der Waals surface area contributed by atoms with Gasteiger partial charge in [0.25, 0.3) is 0 Å². The summed E-state index contributed by atoms with van der Waals surface area (Å²) in [5, 5.41) is 5.65. The number of alkyl carbamates (subject to hydrolysis) is 1. The first kappa shape index (κ1) is 33.3. The van der Waals surface area contributed by atoms with Crippen molar-refractivity contribution < 1.29 is 23.9 Å². The molecule has 0 aliphatic rings. The van der Waals surface area contributed by atoms with Crippen molar-refractivity contribution in [3.8, 4) is 0 Å². The maximum atomic E-state index is 14.3. The van der Waals surface area contributed by atoms with Gasteiger partial charge in [0, 0.05) is 19.5 Å². The Hall–Kier alpha value is -3.88. The largest absolute Gasteiger partial charge is 0.444 e. The Kier molecular flexibility index (Phi) is 12.8. The lowest BCUT2D eigenvalue weighted by atomic mass is 9.94. The third-order valence-corrected chi connectivity index (χ3v) is 6.76. The van der Waals surface area contributed by atoms with E-state index in [2.05, 4.69) is 17.6 Å². The Morgan fingerprint density at radius 3 is 2.27 bits per heavy atom. The number of primary amides is 1. The highest BCUT2D eigenvalue weighted by molar-refractivity contribution is 5.92. The van der Waals surface area contributed by atoms with E-state index in [1.807, 2.05) is 62.4 Å². The van der Waals surface area contributed by atoms with Gasteiger partial charge < -0.3 is 26.0 Å². The molecule has 0 saturated heterocycles. The molecule has 0 aliphatic carbocycles. The molecule has 41 heavy (non-hydrogen) atoms. The highest BCUT2D eigenvalue weighted by atomic mass is 16.6. The Bertz CT molecular complexity index is 1180. The molecule has 0 radical (unpaired) electrons. The van der Waals surface area contributed by atoms with Crippen molar-refractivity contribution in [2.24, 2.45) is 5.73 Å². The minimum Gasteiger partial charge on any atom is -0.444 e. The minimum absolute atomic E-state index is 0.0250. The van der Waals surface area contributed by atoms with Crippen LogP contribution in [0, 0.1) is 13.8 Å². The number of aryl methyl sites for hydroxylation is 1. The number of nitrogens with one attached hydrogen (secondary N) is 2. The molecule has 2 unspecified atom stereocenters. The van der Waals surface area contributed by atoms with Crippen LogP contribution in [0.15, 0.2) is 48.5 Å². The van der Waals surface area contributed by atoms with Gasteiger partial charge in [0.1, 0.15) is 17.7 Å². The molecular formula is C32H46N4O5. The van der Waals surface area contributed by atoms with Crippen molar-refractivity contribution in [2.75, 3.05) is 6.54 Å². The number of rotatable bonds is 14. The normalized spacial score (nSPS) is 12.6. The van der Waals surface area contributed by atoms with Crippen LogP contribution in [0.5, 0.6) is 0 Å². The number of carbonyl (C=O) groups excluding carboxylic acids is 4. The summed E-state index contributed by atoms with van der Waals surface area (Å²) in [6.45, 7) is 11.7. The summed E-state index contributed by atoms with van der Waals surface area (Å²) in [4.78, 5) is 54.2. The topological polar surface area (TPSA) is 131 Å². The predicted molar refractivity (Wildman–Crippen MR) is 160 cm³/mol. The predicted octanol–water partition coefficient (Wildman–Crippen LogP) is 4.84. The number of ether oxygens (including phenoxy) is 1. The van der Waals surface area contributed by atoms with E-state index in [0.29, 0.717) is 18.5 Å². The molecule has 2 rings (SSSR count). The lowest BCUT2D eigenvalue weighted by molar-refractivity contribution is -0.143. The Balaban J connectivity index is 2.54. The molecule has 224 valence electrons. The Morgan fingerprint density at radius 1 is 0.976 bits per heavy atom. The van der Waals surface area contributed by atoms with Crippen molar-refractivity contribution in [2.45, 2.75) is 97.9 Å². The van der Waals surface area contributed by atoms with Crippen molar-refractivity contribution >= 4 is 23.8 Å². The smallest absolute Gasteiger partial charge is 0.408 e. The number of nitrogens with two attached hydrogens (primary N) is 1. The first-order valence-corrected chi connectivity index (χ1v) is 14.3. The number of amides is 4. The highest BCUT2D eigenvalue weighted by Crippen LogP contribution is 2.28. The quantitative estimate of drug-likeness (QED) is 0.282. The lowest BCUT2D eigenvalue weighted by Gasteiger charge is -2.35. The maximum absolute atomic E-state index is 14.3. The van der Waals surface area contributed by atoms with Crippen LogP contribution < -0.4 is 16.4 Å². The van der Waals surface area contributed by atoms with Gasteiger partial charge in [0.2, 0.25) is 17.7 Å². The highest BCUT2D eigenvalue weighted by Gasteiger charge is 2.37. The van der Waals surface area contributed by atoms with Crippen LogP contribution in [0.2, 0.25) is 0 Å². The van der Waals surface area contributed by atoms with Crippen molar-refractivity contribution in [1.82, 2.24) is 15.5 Å². The van der Waals surface area contributed by atoms with Crippen LogP contribution in [0.25, 0.3) is 0 Å². The fourth-order valence-corrected chi connectivity index (χ4v) is 4.50. The van der Waals surface area contributed by atoms with Gasteiger partial charge in [-0.05, 0) is 69.7 Å². The number of unbranched alkanes of at least 4 members (excludes halogenated alkanes) is 2. The molecule has 2 atom stereocenters. The van der Waals surface area contributed by atoms with Gasteiger partial charge >= 0.3 is 6.09 Å². The summed E-state index contributed by atoms with van der Waals surface area (Å²) in [7, 11) is 0. The van der Waals surface area contributed by atoms with E-state index in [1.54, 1.807) is 20.8 Å². The first-order chi connectivity index (χ1) is 19.3. The zero-order chi connectivity index (χ0) is 30.6. The molecule has 0 fully saturated rings. The van der Waals surface area contributed by atoms with E-state index < -0.39 is 35.6 Å². The monoisotopic (exact) mass is 566 g/mol. The third kappa shape index (κ3) is 10.9. The SMILES string of the molecule is CCCCCN(C(=O)C(CCC(N)=O)NC(=O)OC(C)(C)C)C(C(=O)NCc1ccccc1)c1cccc(C)c1C. The van der Waals surface area contributed by atoms with Gasteiger partial charge in [-0.25, -0.2) is 4.79 Å². The van der Waals surface area contributed by atoms with E-state index in [9.17, 15) is 19.2 Å². The average molecular weight is 567 g/mol. The van der Waals surface area contributed by atoms with Crippen LogP contribution in [0.1, 0.15) is 88.1 Å². The Labute approximate surface area is 244 Å². The summed E-state index contributed by atoms with van der Waals surface area (Å²) in [6, 6.07) is 13.1. The summed E-state index contributed by atoms with van der Waals surface area (Å²) in [6.07, 6.45) is 1.49. The molecule has 0 aromatic heterocycles. The van der Waals surface area contributed by atoms with E-state index in [-0.39, 0.29) is 25.3 Å². The van der Waals surface area contributed by atoms with E-state index in [4.69, 9.17) is 10.5 Å². The molecule has 0 spiro atoms. The molecule has 9 nitrogen and oxygen atoms in total. The maximum Gasteiger partial charge on any atom is 0.408 e. The average Bonchev–Trinajstić information content (AvgIpc) is 2.90. The minimum atomic E-state index is -1.12. The van der Waals surface area contributed by atoms with Gasteiger partial charge in [0.05, 0.1) is 0 Å². The second-order valence-electron chi connectivity index (χ2n) is 11.3. The standard InChI is InChI=1S/C32H46N4O5/c1-7-8-12-20-36(30(39)26(18-19-27(33)37)35-31(40)41-32(4,5)6)28(25-17-13-14-22(2)23(25)3)29(38)34-21-24-15-10-9-11-16-24/h9-11,13-17,26,28H,7-8,12,18-21H2,1-6H3,(H2,33,37)(H,34,38)(H,35,40). The summed E-state index contributed by atoms with van der Waals surface area (Å²) in [5.41, 5.74) is 8.13. The number of nitrogens with zero attached hydrogens (tertiary/aromatic N) is 1. The van der Waals surface area contributed by atoms with E-state index in [1.165, 1.54) is 4.90 Å². The van der Waals surface area contributed by atoms with E-state index >= 15 is 0 Å². The van der Waals surface area contributed by atoms with Crippen molar-refractivity contribution in [1.29, 1.82) is 0 Å². The number of hydrogen-bond donors (Lipinski definition) is 3. The molecule has 0 bridgehead atoms. The zero-order valence-corrected chi connectivity index (χ0v) is 25.3. The van der Waals surface area contributed by atoms with Crippen molar-refractivity contribution in [3.63, 3.8) is 0 Å². The second kappa shape index (κ2) is 15.8. The third-order valence-electron chi connectivity index (χ3n) is 6.76. The lowest BCUT2D eigenvalue weighted by Crippen LogP contribution is -2.53. The first-order valence-electron chi connectivity index (χ1n) is 14.3. The van der Waals surface area contributed by atoms with E-state index in [0.717, 1.165) is 29.5 Å². The van der Waals surface area contributed by atoms with Crippen molar-refractivity contribution in [3.05, 3.63) is 70.8 Å². The van der Waals surface area contributed by atoms with Gasteiger partial charge in [0.15, 0.2) is 0 Å². The fourth-order valence-electron chi connectivity index (χ4n) is 4.50. The van der Waals surface area contributed by atoms with Crippen LogP contribution in [-0.4, -0.2) is 46.9 Å². The van der Waals surface area contributed by atoms with Crippen LogP contribution in [-0.2, 0) is 25.7 Å². The molecule has 4 amide bonds. The molecule has 2 aromatic carbocycles. The molecule has 0 aliphatic heterocycles. The fraction of sp³-hybridized carbons (Fsp3) is 0.500. The van der Waals surface area contributed by atoms with Gasteiger partial charge in [-0.2, -0.15) is 0 Å². The van der Waals surface area contributed by atoms with Crippen LogP contribution in [0.4, 0.5) is 4.79 Å². The summed E-state index contributed by atoms with van der Waals surface area (Å²) < 4.78 is 5.40. The molecule has 2 aromatic rings.